The minimum Gasteiger partial charge on any atom is -0.372 e. The highest BCUT2D eigenvalue weighted by Gasteiger charge is 2.30. The highest BCUT2D eigenvalue weighted by atomic mass is 16.5. The molecule has 0 bridgehead atoms. The molecule has 2 rings (SSSR count). The monoisotopic (exact) mass is 211 g/mol. The standard InChI is InChI=1S/C13H25NO/c1-10-11(2)15-13(9-14-10)12-7-5-3-4-6-8-12/h10-14H,3-9H2,1-2H3. The largest absolute Gasteiger partial charge is 0.372 e. The van der Waals surface area contributed by atoms with E-state index in [1.807, 2.05) is 0 Å². The molecule has 3 atom stereocenters. The van der Waals surface area contributed by atoms with Gasteiger partial charge in [0.25, 0.3) is 0 Å². The van der Waals surface area contributed by atoms with Crippen molar-refractivity contribution >= 4 is 0 Å². The Hall–Kier alpha value is -0.0800. The normalized spacial score (nSPS) is 40.0. The van der Waals surface area contributed by atoms with E-state index in [-0.39, 0.29) is 0 Å². The lowest BCUT2D eigenvalue weighted by atomic mass is 9.92. The Balaban J connectivity index is 1.86. The highest BCUT2D eigenvalue weighted by molar-refractivity contribution is 4.83. The van der Waals surface area contributed by atoms with Crippen LogP contribution in [-0.4, -0.2) is 24.8 Å². The zero-order valence-corrected chi connectivity index (χ0v) is 10.2. The van der Waals surface area contributed by atoms with E-state index in [1.165, 1.54) is 38.5 Å². The molecule has 2 fully saturated rings. The van der Waals surface area contributed by atoms with E-state index in [0.717, 1.165) is 12.5 Å². The molecule has 2 aliphatic rings. The van der Waals surface area contributed by atoms with E-state index in [0.29, 0.717) is 18.2 Å². The highest BCUT2D eigenvalue weighted by Crippen LogP contribution is 2.29. The van der Waals surface area contributed by atoms with Crippen molar-refractivity contribution in [1.29, 1.82) is 0 Å². The molecule has 2 heteroatoms. The smallest absolute Gasteiger partial charge is 0.0732 e. The Labute approximate surface area is 93.8 Å². The Morgan fingerprint density at radius 3 is 2.27 bits per heavy atom. The van der Waals surface area contributed by atoms with Gasteiger partial charge in [0.05, 0.1) is 12.2 Å². The third kappa shape index (κ3) is 2.94. The second-order valence-corrected chi connectivity index (χ2v) is 5.33. The summed E-state index contributed by atoms with van der Waals surface area (Å²) < 4.78 is 6.13. The Morgan fingerprint density at radius 2 is 1.67 bits per heavy atom. The molecule has 88 valence electrons. The molecule has 3 unspecified atom stereocenters. The van der Waals surface area contributed by atoms with Gasteiger partial charge in [0.1, 0.15) is 0 Å². The van der Waals surface area contributed by atoms with Crippen molar-refractivity contribution in [2.24, 2.45) is 5.92 Å². The summed E-state index contributed by atoms with van der Waals surface area (Å²) in [6.07, 6.45) is 9.32. The molecule has 1 saturated carbocycles. The molecule has 0 spiro atoms. The molecule has 2 nitrogen and oxygen atoms in total. The van der Waals surface area contributed by atoms with Crippen molar-refractivity contribution in [3.63, 3.8) is 0 Å². The molecule has 0 amide bonds. The van der Waals surface area contributed by atoms with Crippen molar-refractivity contribution in [3.05, 3.63) is 0 Å². The molecule has 0 aromatic rings. The topological polar surface area (TPSA) is 21.3 Å². The summed E-state index contributed by atoms with van der Waals surface area (Å²) in [7, 11) is 0. The zero-order valence-electron chi connectivity index (χ0n) is 10.2. The van der Waals surface area contributed by atoms with Gasteiger partial charge in [0.2, 0.25) is 0 Å². The molecular formula is C13H25NO. The molecule has 1 aliphatic carbocycles. The summed E-state index contributed by atoms with van der Waals surface area (Å²) in [6.45, 7) is 5.48. The van der Waals surface area contributed by atoms with E-state index in [4.69, 9.17) is 4.74 Å². The van der Waals surface area contributed by atoms with Crippen LogP contribution in [0.2, 0.25) is 0 Å². The predicted molar refractivity (Wildman–Crippen MR) is 63.0 cm³/mol. The van der Waals surface area contributed by atoms with Crippen LogP contribution in [0, 0.1) is 5.92 Å². The number of nitrogens with one attached hydrogen (secondary N) is 1. The average molecular weight is 211 g/mol. The van der Waals surface area contributed by atoms with Crippen LogP contribution < -0.4 is 5.32 Å². The van der Waals surface area contributed by atoms with E-state index in [2.05, 4.69) is 19.2 Å². The number of ether oxygens (including phenoxy) is 1. The Morgan fingerprint density at radius 1 is 1.00 bits per heavy atom. The van der Waals surface area contributed by atoms with Gasteiger partial charge in [-0.15, -0.1) is 0 Å². The predicted octanol–water partition coefficient (Wildman–Crippen LogP) is 2.72. The Bertz CT molecular complexity index is 187. The third-order valence-electron chi connectivity index (χ3n) is 4.16. The van der Waals surface area contributed by atoms with Gasteiger partial charge < -0.3 is 10.1 Å². The minimum absolute atomic E-state index is 0.381. The first-order valence-electron chi connectivity index (χ1n) is 6.66. The molecule has 0 radical (unpaired) electrons. The summed E-state index contributed by atoms with van der Waals surface area (Å²) >= 11 is 0. The second-order valence-electron chi connectivity index (χ2n) is 5.33. The first-order chi connectivity index (χ1) is 7.27. The van der Waals surface area contributed by atoms with Crippen LogP contribution in [0.1, 0.15) is 52.4 Å². The van der Waals surface area contributed by atoms with Gasteiger partial charge in [-0.25, -0.2) is 0 Å². The van der Waals surface area contributed by atoms with Crippen molar-refractivity contribution < 1.29 is 4.74 Å². The Kier molecular flexibility index (Phi) is 4.04. The quantitative estimate of drug-likeness (QED) is 0.673. The van der Waals surface area contributed by atoms with Crippen LogP contribution in [0.4, 0.5) is 0 Å². The lowest BCUT2D eigenvalue weighted by Gasteiger charge is -2.37. The first-order valence-corrected chi connectivity index (χ1v) is 6.66. The maximum Gasteiger partial charge on any atom is 0.0732 e. The van der Waals surface area contributed by atoms with E-state index in [1.54, 1.807) is 0 Å². The average Bonchev–Trinajstić information content (AvgIpc) is 2.50. The van der Waals surface area contributed by atoms with Gasteiger partial charge in [-0.2, -0.15) is 0 Å². The molecule has 1 aliphatic heterocycles. The van der Waals surface area contributed by atoms with Crippen LogP contribution in [0.25, 0.3) is 0 Å². The van der Waals surface area contributed by atoms with Crippen molar-refractivity contribution in [1.82, 2.24) is 5.32 Å². The van der Waals surface area contributed by atoms with Gasteiger partial charge in [0.15, 0.2) is 0 Å². The number of hydrogen-bond donors (Lipinski definition) is 1. The van der Waals surface area contributed by atoms with Crippen LogP contribution in [-0.2, 0) is 4.74 Å². The summed E-state index contributed by atoms with van der Waals surface area (Å²) in [5.74, 6) is 0.815. The summed E-state index contributed by atoms with van der Waals surface area (Å²) in [5.41, 5.74) is 0. The SMILES string of the molecule is CC1NCC(C2CCCCCC2)OC1C. The molecule has 1 N–H and O–H groups in total. The molecule has 0 aromatic heterocycles. The molecule has 0 aromatic carbocycles. The maximum atomic E-state index is 6.13. The fraction of sp³-hybridized carbons (Fsp3) is 1.00. The van der Waals surface area contributed by atoms with Gasteiger partial charge in [0, 0.05) is 12.6 Å². The van der Waals surface area contributed by atoms with Crippen LogP contribution in [0.15, 0.2) is 0 Å². The van der Waals surface area contributed by atoms with Crippen molar-refractivity contribution in [2.75, 3.05) is 6.54 Å². The lowest BCUT2D eigenvalue weighted by molar-refractivity contribution is -0.0783. The van der Waals surface area contributed by atoms with Crippen molar-refractivity contribution in [2.45, 2.75) is 70.6 Å². The first kappa shape index (κ1) is 11.4. The third-order valence-corrected chi connectivity index (χ3v) is 4.16. The van der Waals surface area contributed by atoms with Gasteiger partial charge in [-0.05, 0) is 32.6 Å². The lowest BCUT2D eigenvalue weighted by Crippen LogP contribution is -2.52. The zero-order chi connectivity index (χ0) is 10.7. The number of morpholine rings is 1. The fourth-order valence-electron chi connectivity index (χ4n) is 2.87. The van der Waals surface area contributed by atoms with Gasteiger partial charge in [-0.3, -0.25) is 0 Å². The number of rotatable bonds is 1. The summed E-state index contributed by atoms with van der Waals surface area (Å²) in [5, 5.41) is 3.57. The van der Waals surface area contributed by atoms with Crippen LogP contribution in [0.5, 0.6) is 0 Å². The minimum atomic E-state index is 0.381. The van der Waals surface area contributed by atoms with Crippen molar-refractivity contribution in [3.8, 4) is 0 Å². The van der Waals surface area contributed by atoms with Gasteiger partial charge in [-0.1, -0.05) is 25.7 Å². The number of hydrogen-bond acceptors (Lipinski definition) is 2. The molecule has 15 heavy (non-hydrogen) atoms. The van der Waals surface area contributed by atoms with E-state index < -0.39 is 0 Å². The summed E-state index contributed by atoms with van der Waals surface area (Å²) in [4.78, 5) is 0. The van der Waals surface area contributed by atoms with Crippen LogP contribution >= 0.6 is 0 Å². The van der Waals surface area contributed by atoms with Crippen LogP contribution in [0.3, 0.4) is 0 Å². The maximum absolute atomic E-state index is 6.13. The summed E-state index contributed by atoms with van der Waals surface area (Å²) in [6, 6.07) is 0.520. The van der Waals surface area contributed by atoms with Gasteiger partial charge >= 0.3 is 0 Å². The van der Waals surface area contributed by atoms with E-state index >= 15 is 0 Å². The second kappa shape index (κ2) is 5.31. The fourth-order valence-corrected chi connectivity index (χ4v) is 2.87. The van der Waals surface area contributed by atoms with E-state index in [9.17, 15) is 0 Å². The molecule has 1 heterocycles. The molecule has 1 saturated heterocycles. The molecular weight excluding hydrogens is 186 g/mol.